The summed E-state index contributed by atoms with van der Waals surface area (Å²) in [6.45, 7) is 5.30. The molecule has 0 unspecified atom stereocenters. The molecule has 0 aliphatic rings. The molecule has 21 heavy (non-hydrogen) atoms. The van der Waals surface area contributed by atoms with Gasteiger partial charge >= 0.3 is 0 Å². The molecule has 1 heterocycles. The van der Waals surface area contributed by atoms with Gasteiger partial charge in [-0.25, -0.2) is 4.98 Å². The van der Waals surface area contributed by atoms with E-state index in [1.54, 1.807) is 11.8 Å². The summed E-state index contributed by atoms with van der Waals surface area (Å²) < 4.78 is 13.0. The van der Waals surface area contributed by atoms with Crippen LogP contribution in [0.25, 0.3) is 0 Å². The number of nitrogens with one attached hydrogen (secondary N) is 1. The van der Waals surface area contributed by atoms with Crippen LogP contribution in [-0.4, -0.2) is 27.9 Å². The van der Waals surface area contributed by atoms with Crippen molar-refractivity contribution >= 4 is 0 Å². The van der Waals surface area contributed by atoms with Crippen molar-refractivity contribution in [2.45, 2.75) is 33.0 Å². The summed E-state index contributed by atoms with van der Waals surface area (Å²) in [5.74, 6) is 2.24. The average Bonchev–Trinajstić information content (AvgIpc) is 2.88. The zero-order valence-corrected chi connectivity index (χ0v) is 13.0. The molecule has 2 rings (SSSR count). The van der Waals surface area contributed by atoms with Crippen LogP contribution < -0.4 is 14.8 Å². The summed E-state index contributed by atoms with van der Waals surface area (Å²) in [6.07, 6.45) is 1.52. The summed E-state index contributed by atoms with van der Waals surface area (Å²) in [4.78, 5) is 4.16. The van der Waals surface area contributed by atoms with Gasteiger partial charge in [0.05, 0.1) is 7.11 Å². The monoisotopic (exact) mass is 290 g/mol. The smallest absolute Gasteiger partial charge is 0.166 e. The number of aryl methyl sites for hydroxylation is 1. The highest BCUT2D eigenvalue weighted by molar-refractivity contribution is 5.46. The Kier molecular flexibility index (Phi) is 5.16. The lowest BCUT2D eigenvalue weighted by molar-refractivity contribution is 0.268. The first kappa shape index (κ1) is 15.3. The zero-order valence-electron chi connectivity index (χ0n) is 13.0. The summed E-state index contributed by atoms with van der Waals surface area (Å²) in [5, 5.41) is 7.42. The average molecular weight is 290 g/mol. The predicted molar refractivity (Wildman–Crippen MR) is 80.3 cm³/mol. The molecule has 0 bridgehead atoms. The summed E-state index contributed by atoms with van der Waals surface area (Å²) in [7, 11) is 3.49. The van der Waals surface area contributed by atoms with Crippen LogP contribution >= 0.6 is 0 Å². The Morgan fingerprint density at radius 3 is 2.76 bits per heavy atom. The predicted octanol–water partition coefficient (Wildman–Crippen LogP) is 1.90. The molecule has 1 aromatic heterocycles. The quantitative estimate of drug-likeness (QED) is 0.844. The molecule has 0 fully saturated rings. The Morgan fingerprint density at radius 2 is 2.14 bits per heavy atom. The van der Waals surface area contributed by atoms with Crippen molar-refractivity contribution in [3.63, 3.8) is 0 Å². The number of hydrogen-bond donors (Lipinski definition) is 1. The number of rotatable bonds is 7. The summed E-state index contributed by atoms with van der Waals surface area (Å²) in [5.41, 5.74) is 1.06. The molecule has 0 amide bonds. The molecular formula is C15H22N4O2. The van der Waals surface area contributed by atoms with E-state index >= 15 is 0 Å². The Labute approximate surface area is 125 Å². The highest BCUT2D eigenvalue weighted by Crippen LogP contribution is 2.31. The molecule has 0 aliphatic carbocycles. The third-order valence-corrected chi connectivity index (χ3v) is 3.13. The largest absolute Gasteiger partial charge is 0.493 e. The van der Waals surface area contributed by atoms with E-state index in [9.17, 15) is 0 Å². The lowest BCUT2D eigenvalue weighted by Crippen LogP contribution is -2.22. The Balaban J connectivity index is 2.16. The van der Waals surface area contributed by atoms with Crippen molar-refractivity contribution in [2.75, 3.05) is 7.11 Å². The summed E-state index contributed by atoms with van der Waals surface area (Å²) >= 11 is 0. The van der Waals surface area contributed by atoms with Crippen LogP contribution in [0.3, 0.4) is 0 Å². The van der Waals surface area contributed by atoms with Crippen LogP contribution in [-0.2, 0) is 20.2 Å². The number of nitrogens with zero attached hydrogens (tertiary/aromatic N) is 3. The van der Waals surface area contributed by atoms with E-state index in [0.717, 1.165) is 29.4 Å². The van der Waals surface area contributed by atoms with Gasteiger partial charge in [-0.05, 0) is 6.07 Å². The Bertz CT molecular complexity index is 581. The molecule has 0 saturated carbocycles. The second-order valence-corrected chi connectivity index (χ2v) is 5.07. The van der Waals surface area contributed by atoms with Crippen molar-refractivity contribution in [1.29, 1.82) is 0 Å². The van der Waals surface area contributed by atoms with E-state index in [1.165, 1.54) is 6.33 Å². The van der Waals surface area contributed by atoms with E-state index < -0.39 is 0 Å². The number of hydrogen-bond acceptors (Lipinski definition) is 5. The van der Waals surface area contributed by atoms with E-state index in [-0.39, 0.29) is 0 Å². The minimum Gasteiger partial charge on any atom is -0.493 e. The molecule has 0 atom stereocenters. The summed E-state index contributed by atoms with van der Waals surface area (Å²) in [6, 6.07) is 6.29. The van der Waals surface area contributed by atoms with Crippen LogP contribution in [0.5, 0.6) is 11.5 Å². The topological polar surface area (TPSA) is 61.2 Å². The molecule has 114 valence electrons. The molecule has 0 saturated heterocycles. The van der Waals surface area contributed by atoms with Crippen molar-refractivity contribution in [1.82, 2.24) is 20.1 Å². The first-order valence-corrected chi connectivity index (χ1v) is 6.96. The fraction of sp³-hybridized carbons (Fsp3) is 0.467. The van der Waals surface area contributed by atoms with Gasteiger partial charge in [0.15, 0.2) is 17.3 Å². The molecule has 0 radical (unpaired) electrons. The fourth-order valence-electron chi connectivity index (χ4n) is 1.93. The molecular weight excluding hydrogens is 268 g/mol. The molecule has 1 N–H and O–H groups in total. The van der Waals surface area contributed by atoms with Gasteiger partial charge in [-0.3, -0.25) is 4.68 Å². The maximum atomic E-state index is 5.93. The highest BCUT2D eigenvalue weighted by atomic mass is 16.5. The van der Waals surface area contributed by atoms with Crippen molar-refractivity contribution in [3.8, 4) is 11.5 Å². The fourth-order valence-corrected chi connectivity index (χ4v) is 1.93. The van der Waals surface area contributed by atoms with Gasteiger partial charge in [-0.2, -0.15) is 5.10 Å². The Morgan fingerprint density at radius 1 is 1.33 bits per heavy atom. The van der Waals surface area contributed by atoms with E-state index in [0.29, 0.717) is 12.6 Å². The number of aromatic nitrogens is 3. The van der Waals surface area contributed by atoms with Gasteiger partial charge in [-0.1, -0.05) is 26.0 Å². The third kappa shape index (κ3) is 3.95. The van der Waals surface area contributed by atoms with Crippen molar-refractivity contribution in [3.05, 3.63) is 35.9 Å². The molecule has 1 aromatic carbocycles. The number of benzene rings is 1. The van der Waals surface area contributed by atoms with Gasteiger partial charge in [0.25, 0.3) is 0 Å². The number of ether oxygens (including phenoxy) is 2. The van der Waals surface area contributed by atoms with Gasteiger partial charge in [0.1, 0.15) is 12.9 Å². The van der Waals surface area contributed by atoms with E-state index in [1.807, 2.05) is 25.2 Å². The third-order valence-electron chi connectivity index (χ3n) is 3.13. The molecule has 6 heteroatoms. The number of para-hydroxylation sites is 1. The van der Waals surface area contributed by atoms with Gasteiger partial charge in [0.2, 0.25) is 0 Å². The van der Waals surface area contributed by atoms with E-state index in [2.05, 4.69) is 29.2 Å². The minimum absolute atomic E-state index is 0.353. The first-order chi connectivity index (χ1) is 10.1. The van der Waals surface area contributed by atoms with Crippen LogP contribution in [0, 0.1) is 0 Å². The van der Waals surface area contributed by atoms with Crippen LogP contribution in [0.2, 0.25) is 0 Å². The number of methoxy groups -OCH3 is 1. The first-order valence-electron chi connectivity index (χ1n) is 6.96. The molecule has 6 nitrogen and oxygen atoms in total. The maximum absolute atomic E-state index is 5.93. The Hall–Kier alpha value is -2.08. The standard InChI is InChI=1S/C15H22N4O2/c1-11(2)16-8-12-6-5-7-13(20-4)15(12)21-9-14-17-10-18-19(14)3/h5-7,10-11,16H,8-9H2,1-4H3. The normalized spacial score (nSPS) is 10.9. The van der Waals surface area contributed by atoms with Gasteiger partial charge in [0, 0.05) is 25.2 Å². The van der Waals surface area contributed by atoms with Gasteiger partial charge in [-0.15, -0.1) is 0 Å². The lowest BCUT2D eigenvalue weighted by Gasteiger charge is -2.16. The van der Waals surface area contributed by atoms with Crippen molar-refractivity contribution < 1.29 is 9.47 Å². The SMILES string of the molecule is COc1cccc(CNC(C)C)c1OCc1ncnn1C. The molecule has 2 aromatic rings. The second-order valence-electron chi connectivity index (χ2n) is 5.07. The minimum atomic E-state index is 0.353. The highest BCUT2D eigenvalue weighted by Gasteiger charge is 2.12. The second kappa shape index (κ2) is 7.08. The van der Waals surface area contributed by atoms with Crippen LogP contribution in [0.1, 0.15) is 25.2 Å². The van der Waals surface area contributed by atoms with E-state index in [4.69, 9.17) is 9.47 Å². The zero-order chi connectivity index (χ0) is 15.2. The van der Waals surface area contributed by atoms with Gasteiger partial charge < -0.3 is 14.8 Å². The molecule has 0 spiro atoms. The lowest BCUT2D eigenvalue weighted by atomic mass is 10.1. The van der Waals surface area contributed by atoms with Crippen LogP contribution in [0.15, 0.2) is 24.5 Å². The van der Waals surface area contributed by atoms with Crippen molar-refractivity contribution in [2.24, 2.45) is 7.05 Å². The maximum Gasteiger partial charge on any atom is 0.166 e. The van der Waals surface area contributed by atoms with Crippen LogP contribution in [0.4, 0.5) is 0 Å². The molecule has 0 aliphatic heterocycles.